The van der Waals surface area contributed by atoms with Gasteiger partial charge in [0.05, 0.1) is 0 Å². The minimum atomic E-state index is 0.697. The maximum absolute atomic E-state index is 5.82. The number of benzene rings is 1. The van der Waals surface area contributed by atoms with Gasteiger partial charge >= 0.3 is 0 Å². The summed E-state index contributed by atoms with van der Waals surface area (Å²) in [5.41, 5.74) is 0. The van der Waals surface area contributed by atoms with Crippen LogP contribution in [0, 0.1) is 0 Å². The van der Waals surface area contributed by atoms with Gasteiger partial charge in [0.25, 0.3) is 0 Å². The van der Waals surface area contributed by atoms with Gasteiger partial charge in [-0.05, 0) is 36.8 Å². The number of hydrogen-bond donors (Lipinski definition) is 1. The lowest BCUT2D eigenvalue weighted by molar-refractivity contribution is 0.482. The zero-order valence-corrected chi connectivity index (χ0v) is 10.9. The van der Waals surface area contributed by atoms with Crippen LogP contribution >= 0.6 is 11.6 Å². The van der Waals surface area contributed by atoms with Gasteiger partial charge in [0.2, 0.25) is 0 Å². The number of aromatic nitrogens is 1. The van der Waals surface area contributed by atoms with Gasteiger partial charge < -0.3 is 10.1 Å². The molecular weight excluding hydrogens is 248 g/mol. The van der Waals surface area contributed by atoms with Crippen molar-refractivity contribution in [2.75, 3.05) is 11.9 Å². The molecule has 18 heavy (non-hydrogen) atoms. The predicted molar refractivity (Wildman–Crippen MR) is 74.5 cm³/mol. The number of hydrogen-bond acceptors (Lipinski definition) is 3. The summed E-state index contributed by atoms with van der Waals surface area (Å²) >= 11 is 5.82. The van der Waals surface area contributed by atoms with Crippen LogP contribution in [0.25, 0.3) is 0 Å². The number of rotatable bonds is 5. The molecular formula is C14H15ClN2O. The number of pyridine rings is 1. The number of nitrogens with zero attached hydrogens (tertiary/aromatic N) is 1. The molecule has 1 heterocycles. The summed E-state index contributed by atoms with van der Waals surface area (Å²) < 4.78 is 5.72. The topological polar surface area (TPSA) is 34.1 Å². The number of ether oxygens (including phenoxy) is 1. The first-order valence-corrected chi connectivity index (χ1v) is 6.29. The normalized spacial score (nSPS) is 10.1. The lowest BCUT2D eigenvalue weighted by Gasteiger charge is -2.08. The van der Waals surface area contributed by atoms with Crippen LogP contribution in [0.4, 0.5) is 5.82 Å². The van der Waals surface area contributed by atoms with E-state index >= 15 is 0 Å². The highest BCUT2D eigenvalue weighted by Crippen LogP contribution is 2.24. The molecule has 3 nitrogen and oxygen atoms in total. The van der Waals surface area contributed by atoms with E-state index < -0.39 is 0 Å². The maximum atomic E-state index is 5.82. The zero-order valence-electron chi connectivity index (χ0n) is 10.2. The fourth-order valence-corrected chi connectivity index (χ4v) is 1.59. The molecule has 0 aliphatic rings. The Labute approximate surface area is 112 Å². The van der Waals surface area contributed by atoms with Crippen molar-refractivity contribution < 1.29 is 4.74 Å². The summed E-state index contributed by atoms with van der Waals surface area (Å²) in [6.45, 7) is 3.01. The number of halogens is 1. The lowest BCUT2D eigenvalue weighted by atomic mass is 10.3. The average molecular weight is 263 g/mol. The van der Waals surface area contributed by atoms with Gasteiger partial charge in [-0.15, -0.1) is 0 Å². The first-order valence-electron chi connectivity index (χ1n) is 5.91. The molecule has 0 aliphatic heterocycles. The van der Waals surface area contributed by atoms with Crippen molar-refractivity contribution in [2.45, 2.75) is 13.3 Å². The Bertz CT molecular complexity index is 499. The van der Waals surface area contributed by atoms with Gasteiger partial charge in [-0.2, -0.15) is 0 Å². The van der Waals surface area contributed by atoms with Gasteiger partial charge in [0, 0.05) is 23.8 Å². The summed E-state index contributed by atoms with van der Waals surface area (Å²) in [4.78, 5) is 4.22. The number of anilines is 1. The smallest absolute Gasteiger partial charge is 0.132 e. The summed E-state index contributed by atoms with van der Waals surface area (Å²) in [5.74, 6) is 2.33. The Morgan fingerprint density at radius 2 is 1.94 bits per heavy atom. The third-order valence-corrected chi connectivity index (χ3v) is 2.59. The third-order valence-electron chi connectivity index (χ3n) is 2.34. The highest BCUT2D eigenvalue weighted by molar-refractivity contribution is 6.30. The van der Waals surface area contributed by atoms with E-state index in [-0.39, 0.29) is 0 Å². The molecule has 0 unspecified atom stereocenters. The van der Waals surface area contributed by atoms with E-state index in [0.29, 0.717) is 5.02 Å². The Morgan fingerprint density at radius 1 is 1.17 bits per heavy atom. The highest BCUT2D eigenvalue weighted by atomic mass is 35.5. The van der Waals surface area contributed by atoms with Crippen molar-refractivity contribution in [2.24, 2.45) is 0 Å². The van der Waals surface area contributed by atoms with Crippen LogP contribution in [0.3, 0.4) is 0 Å². The molecule has 0 spiro atoms. The minimum absolute atomic E-state index is 0.697. The molecule has 2 aromatic rings. The van der Waals surface area contributed by atoms with Crippen LogP contribution in [0.5, 0.6) is 11.5 Å². The summed E-state index contributed by atoms with van der Waals surface area (Å²) in [7, 11) is 0. The van der Waals surface area contributed by atoms with Crippen molar-refractivity contribution >= 4 is 17.4 Å². The monoisotopic (exact) mass is 262 g/mol. The molecule has 0 amide bonds. The average Bonchev–Trinajstić information content (AvgIpc) is 2.40. The van der Waals surface area contributed by atoms with Crippen LogP contribution in [-0.2, 0) is 0 Å². The summed E-state index contributed by atoms with van der Waals surface area (Å²) in [6, 6.07) is 11.0. The second-order valence-corrected chi connectivity index (χ2v) is 4.30. The highest BCUT2D eigenvalue weighted by Gasteiger charge is 1.99. The van der Waals surface area contributed by atoms with Gasteiger partial charge in [-0.1, -0.05) is 18.5 Å². The molecule has 1 aromatic carbocycles. The van der Waals surface area contributed by atoms with Crippen molar-refractivity contribution in [1.82, 2.24) is 4.98 Å². The van der Waals surface area contributed by atoms with E-state index in [2.05, 4.69) is 17.2 Å². The molecule has 1 N–H and O–H groups in total. The van der Waals surface area contributed by atoms with Crippen LogP contribution in [0.1, 0.15) is 13.3 Å². The summed E-state index contributed by atoms with van der Waals surface area (Å²) in [5, 5.41) is 3.91. The van der Waals surface area contributed by atoms with E-state index in [1.54, 1.807) is 18.3 Å². The van der Waals surface area contributed by atoms with Crippen molar-refractivity contribution in [1.29, 1.82) is 0 Å². The fraction of sp³-hybridized carbons (Fsp3) is 0.214. The Balaban J connectivity index is 2.06. The quantitative estimate of drug-likeness (QED) is 0.870. The Hall–Kier alpha value is -1.74. The molecule has 0 fully saturated rings. The van der Waals surface area contributed by atoms with E-state index in [1.807, 2.05) is 24.3 Å². The predicted octanol–water partition coefficient (Wildman–Crippen LogP) is 4.35. The van der Waals surface area contributed by atoms with E-state index in [4.69, 9.17) is 16.3 Å². The van der Waals surface area contributed by atoms with Crippen LogP contribution < -0.4 is 10.1 Å². The number of nitrogens with one attached hydrogen (secondary N) is 1. The zero-order chi connectivity index (χ0) is 12.8. The van der Waals surface area contributed by atoms with E-state index in [0.717, 1.165) is 30.3 Å². The SMILES string of the molecule is CCCNc1cc(Oc2ccc(Cl)cc2)ccn1. The van der Waals surface area contributed by atoms with Gasteiger partial charge in [0.15, 0.2) is 0 Å². The first kappa shape index (κ1) is 12.7. The Morgan fingerprint density at radius 3 is 2.67 bits per heavy atom. The Kier molecular flexibility index (Phi) is 4.42. The summed E-state index contributed by atoms with van der Waals surface area (Å²) in [6.07, 6.45) is 2.78. The van der Waals surface area contributed by atoms with Crippen molar-refractivity contribution in [3.63, 3.8) is 0 Å². The second-order valence-electron chi connectivity index (χ2n) is 3.86. The molecule has 0 aliphatic carbocycles. The van der Waals surface area contributed by atoms with Crippen LogP contribution in [-0.4, -0.2) is 11.5 Å². The van der Waals surface area contributed by atoms with Gasteiger partial charge in [0.1, 0.15) is 17.3 Å². The molecule has 2 rings (SSSR count). The molecule has 94 valence electrons. The minimum Gasteiger partial charge on any atom is -0.457 e. The maximum Gasteiger partial charge on any atom is 0.132 e. The fourth-order valence-electron chi connectivity index (χ4n) is 1.46. The largest absolute Gasteiger partial charge is 0.457 e. The second kappa shape index (κ2) is 6.26. The molecule has 0 saturated heterocycles. The first-order chi connectivity index (χ1) is 8.78. The standard InChI is InChI=1S/C14H15ClN2O/c1-2-8-16-14-10-13(7-9-17-14)18-12-5-3-11(15)4-6-12/h3-7,9-10H,2,8H2,1H3,(H,16,17). The molecule has 0 radical (unpaired) electrons. The molecule has 0 bridgehead atoms. The van der Waals surface area contributed by atoms with Crippen LogP contribution in [0.15, 0.2) is 42.6 Å². The lowest BCUT2D eigenvalue weighted by Crippen LogP contribution is -2.01. The van der Waals surface area contributed by atoms with E-state index in [9.17, 15) is 0 Å². The van der Waals surface area contributed by atoms with Crippen molar-refractivity contribution in [3.05, 3.63) is 47.6 Å². The van der Waals surface area contributed by atoms with Gasteiger partial charge in [-0.3, -0.25) is 0 Å². The van der Waals surface area contributed by atoms with Gasteiger partial charge in [-0.25, -0.2) is 4.98 Å². The molecule has 1 aromatic heterocycles. The van der Waals surface area contributed by atoms with Crippen LogP contribution in [0.2, 0.25) is 5.02 Å². The van der Waals surface area contributed by atoms with E-state index in [1.165, 1.54) is 0 Å². The third kappa shape index (κ3) is 3.64. The molecule has 0 saturated carbocycles. The molecule has 0 atom stereocenters. The molecule has 4 heteroatoms. The van der Waals surface area contributed by atoms with Crippen molar-refractivity contribution in [3.8, 4) is 11.5 Å².